The number of nitro benzene ring substituents is 1. The van der Waals surface area contributed by atoms with Crippen molar-refractivity contribution in [3.63, 3.8) is 0 Å². The van der Waals surface area contributed by atoms with E-state index in [1.165, 1.54) is 24.3 Å². The number of rotatable bonds is 5. The van der Waals surface area contributed by atoms with Crippen LogP contribution in [0.2, 0.25) is 0 Å². The zero-order chi connectivity index (χ0) is 16.8. The Morgan fingerprint density at radius 3 is 2.43 bits per heavy atom. The molecule has 0 radical (unpaired) electrons. The van der Waals surface area contributed by atoms with E-state index >= 15 is 0 Å². The Hall–Kier alpha value is -3.22. The molecule has 0 aliphatic heterocycles. The van der Waals surface area contributed by atoms with E-state index in [1.807, 2.05) is 0 Å². The predicted molar refractivity (Wildman–Crippen MR) is 82.5 cm³/mol. The maximum absolute atomic E-state index is 12.0. The molecule has 118 valence electrons. The number of amides is 1. The lowest BCUT2D eigenvalue weighted by molar-refractivity contribution is -0.385. The van der Waals surface area contributed by atoms with Crippen LogP contribution in [0.15, 0.2) is 48.5 Å². The molecule has 0 atom stereocenters. The van der Waals surface area contributed by atoms with E-state index in [9.17, 15) is 19.7 Å². The highest BCUT2D eigenvalue weighted by Gasteiger charge is 2.21. The van der Waals surface area contributed by atoms with Crippen LogP contribution in [-0.2, 0) is 0 Å². The Labute approximate surface area is 132 Å². The van der Waals surface area contributed by atoms with Crippen LogP contribution in [0.4, 0.5) is 5.69 Å². The second-order valence-corrected chi connectivity index (χ2v) is 4.55. The Morgan fingerprint density at radius 2 is 1.83 bits per heavy atom. The number of esters is 1. The molecule has 2 aromatic rings. The number of carbonyl (C=O) groups excluding carboxylic acids is 2. The quantitative estimate of drug-likeness (QED) is 0.396. The van der Waals surface area contributed by atoms with Crippen molar-refractivity contribution < 1.29 is 19.2 Å². The first-order chi connectivity index (χ1) is 11.0. The van der Waals surface area contributed by atoms with E-state index in [2.05, 4.69) is 5.32 Å². The second kappa shape index (κ2) is 7.17. The maximum Gasteiger partial charge on any atom is 0.343 e. The number of nitrogens with one attached hydrogen (secondary N) is 1. The van der Waals surface area contributed by atoms with E-state index in [0.29, 0.717) is 6.54 Å². The van der Waals surface area contributed by atoms with Crippen LogP contribution in [0.1, 0.15) is 27.6 Å². The minimum absolute atomic E-state index is 0.123. The molecule has 0 bridgehead atoms. The van der Waals surface area contributed by atoms with Gasteiger partial charge in [-0.25, -0.2) is 4.79 Å². The Bertz CT molecular complexity index is 743. The third kappa shape index (κ3) is 3.91. The summed E-state index contributed by atoms with van der Waals surface area (Å²) in [6, 6.07) is 11.8. The van der Waals surface area contributed by atoms with Gasteiger partial charge in [-0.3, -0.25) is 14.9 Å². The zero-order valence-electron chi connectivity index (χ0n) is 12.3. The first-order valence-electron chi connectivity index (χ1n) is 6.86. The van der Waals surface area contributed by atoms with E-state index in [1.54, 1.807) is 25.1 Å². The van der Waals surface area contributed by atoms with Gasteiger partial charge in [-0.1, -0.05) is 18.2 Å². The lowest BCUT2D eigenvalue weighted by Gasteiger charge is -2.07. The summed E-state index contributed by atoms with van der Waals surface area (Å²) in [6.45, 7) is 2.14. The van der Waals surface area contributed by atoms with Gasteiger partial charge in [-0.15, -0.1) is 0 Å². The molecule has 23 heavy (non-hydrogen) atoms. The zero-order valence-corrected chi connectivity index (χ0v) is 12.3. The van der Waals surface area contributed by atoms with Gasteiger partial charge < -0.3 is 10.1 Å². The van der Waals surface area contributed by atoms with Crippen molar-refractivity contribution in [1.29, 1.82) is 0 Å². The van der Waals surface area contributed by atoms with E-state index in [4.69, 9.17) is 4.74 Å². The van der Waals surface area contributed by atoms with Crippen molar-refractivity contribution in [3.8, 4) is 5.75 Å². The molecule has 1 N–H and O–H groups in total. The van der Waals surface area contributed by atoms with Crippen LogP contribution < -0.4 is 10.1 Å². The minimum atomic E-state index is -0.709. The van der Waals surface area contributed by atoms with Crippen molar-refractivity contribution >= 4 is 17.6 Å². The van der Waals surface area contributed by atoms with Crippen molar-refractivity contribution in [1.82, 2.24) is 5.32 Å². The van der Waals surface area contributed by atoms with Gasteiger partial charge in [0.25, 0.3) is 5.91 Å². The van der Waals surface area contributed by atoms with Gasteiger partial charge in [-0.2, -0.15) is 0 Å². The van der Waals surface area contributed by atoms with Crippen molar-refractivity contribution in [2.24, 2.45) is 0 Å². The molecule has 2 rings (SSSR count). The summed E-state index contributed by atoms with van der Waals surface area (Å²) in [5, 5.41) is 13.7. The monoisotopic (exact) mass is 314 g/mol. The summed E-state index contributed by atoms with van der Waals surface area (Å²) in [7, 11) is 0. The fraction of sp³-hybridized carbons (Fsp3) is 0.125. The summed E-state index contributed by atoms with van der Waals surface area (Å²) >= 11 is 0. The number of nitrogens with zero attached hydrogens (tertiary/aromatic N) is 1. The van der Waals surface area contributed by atoms with E-state index in [0.717, 1.165) is 6.07 Å². The maximum atomic E-state index is 12.0. The summed E-state index contributed by atoms with van der Waals surface area (Å²) in [6.07, 6.45) is 0. The minimum Gasteiger partial charge on any atom is -0.416 e. The molecule has 0 aliphatic rings. The molecular formula is C16H14N2O5. The van der Waals surface area contributed by atoms with Crippen LogP contribution >= 0.6 is 0 Å². The Morgan fingerprint density at radius 1 is 1.13 bits per heavy atom. The Kier molecular flexibility index (Phi) is 5.03. The average Bonchev–Trinajstić information content (AvgIpc) is 2.56. The molecule has 7 nitrogen and oxygen atoms in total. The van der Waals surface area contributed by atoms with Crippen LogP contribution in [0, 0.1) is 10.1 Å². The van der Waals surface area contributed by atoms with Gasteiger partial charge in [-0.05, 0) is 31.2 Å². The van der Waals surface area contributed by atoms with Gasteiger partial charge in [0.05, 0.1) is 10.5 Å². The average molecular weight is 314 g/mol. The molecule has 0 spiro atoms. The largest absolute Gasteiger partial charge is 0.416 e. The normalized spacial score (nSPS) is 9.96. The third-order valence-electron chi connectivity index (χ3n) is 2.97. The molecule has 2 aromatic carbocycles. The summed E-state index contributed by atoms with van der Waals surface area (Å²) in [5.74, 6) is -1.35. The fourth-order valence-corrected chi connectivity index (χ4v) is 1.88. The van der Waals surface area contributed by atoms with Gasteiger partial charge in [0, 0.05) is 18.2 Å². The number of benzene rings is 2. The summed E-state index contributed by atoms with van der Waals surface area (Å²) < 4.78 is 5.08. The highest BCUT2D eigenvalue weighted by molar-refractivity contribution is 5.96. The van der Waals surface area contributed by atoms with Crippen LogP contribution in [0.5, 0.6) is 5.75 Å². The smallest absolute Gasteiger partial charge is 0.343 e. The van der Waals surface area contributed by atoms with Crippen molar-refractivity contribution in [2.75, 3.05) is 6.54 Å². The fourth-order valence-electron chi connectivity index (χ4n) is 1.88. The number of hydrogen-bond donors (Lipinski definition) is 1. The molecule has 0 saturated carbocycles. The van der Waals surface area contributed by atoms with E-state index in [-0.39, 0.29) is 16.9 Å². The molecule has 0 aromatic heterocycles. The molecule has 0 unspecified atom stereocenters. The van der Waals surface area contributed by atoms with Gasteiger partial charge in [0.15, 0.2) is 0 Å². The molecular weight excluding hydrogens is 300 g/mol. The number of nitro groups is 1. The van der Waals surface area contributed by atoms with Gasteiger partial charge >= 0.3 is 11.7 Å². The highest BCUT2D eigenvalue weighted by atomic mass is 16.6. The van der Waals surface area contributed by atoms with Crippen LogP contribution in [0.25, 0.3) is 0 Å². The van der Waals surface area contributed by atoms with Crippen molar-refractivity contribution in [2.45, 2.75) is 6.92 Å². The standard InChI is InChI=1S/C16H14N2O5/c1-2-17-15(19)12-8-9-14(13(10-12)18(21)22)23-16(20)11-6-4-3-5-7-11/h3-10H,2H2,1H3,(H,17,19). The molecule has 7 heteroatoms. The van der Waals surface area contributed by atoms with Gasteiger partial charge in [0.2, 0.25) is 5.75 Å². The topological polar surface area (TPSA) is 98.5 Å². The SMILES string of the molecule is CCNC(=O)c1ccc(OC(=O)c2ccccc2)c([N+](=O)[O-])c1. The Balaban J connectivity index is 2.30. The number of hydrogen-bond acceptors (Lipinski definition) is 5. The molecule has 1 amide bonds. The van der Waals surface area contributed by atoms with Gasteiger partial charge in [0.1, 0.15) is 0 Å². The first kappa shape index (κ1) is 16.2. The lowest BCUT2D eigenvalue weighted by Crippen LogP contribution is -2.22. The van der Waals surface area contributed by atoms with E-state index < -0.39 is 22.5 Å². The highest BCUT2D eigenvalue weighted by Crippen LogP contribution is 2.28. The number of ether oxygens (including phenoxy) is 1. The third-order valence-corrected chi connectivity index (χ3v) is 2.97. The van der Waals surface area contributed by atoms with Crippen LogP contribution in [-0.4, -0.2) is 23.3 Å². The molecule has 0 heterocycles. The van der Waals surface area contributed by atoms with Crippen molar-refractivity contribution in [3.05, 3.63) is 69.8 Å². The molecule has 0 aliphatic carbocycles. The summed E-state index contributed by atoms with van der Waals surface area (Å²) in [4.78, 5) is 34.2. The predicted octanol–water partition coefficient (Wildman–Crippen LogP) is 2.56. The second-order valence-electron chi connectivity index (χ2n) is 4.55. The summed E-state index contributed by atoms with van der Waals surface area (Å²) in [5.41, 5.74) is -0.0503. The molecule has 0 fully saturated rings. The first-order valence-corrected chi connectivity index (χ1v) is 6.86. The lowest BCUT2D eigenvalue weighted by atomic mass is 10.1. The van der Waals surface area contributed by atoms with Crippen LogP contribution in [0.3, 0.4) is 0 Å². The molecule has 0 saturated heterocycles. The number of carbonyl (C=O) groups is 2.